The number of benzene rings is 4. The Morgan fingerprint density at radius 3 is 1.15 bits per heavy atom. The van der Waals surface area contributed by atoms with E-state index in [-0.39, 0.29) is 51.5 Å². The van der Waals surface area contributed by atoms with Crippen LogP contribution in [0.2, 0.25) is 0 Å². The van der Waals surface area contributed by atoms with Gasteiger partial charge in [-0.25, -0.2) is 0 Å². The van der Waals surface area contributed by atoms with Crippen molar-refractivity contribution in [1.82, 2.24) is 14.7 Å². The molecule has 0 saturated carbocycles. The molecule has 326 valence electrons. The van der Waals surface area contributed by atoms with Crippen molar-refractivity contribution in [3.05, 3.63) is 144 Å². The van der Waals surface area contributed by atoms with Gasteiger partial charge in [0.15, 0.2) is 0 Å². The van der Waals surface area contributed by atoms with Gasteiger partial charge in [-0.1, -0.05) is 161 Å². The first-order valence-electron chi connectivity index (χ1n) is 21.8. The summed E-state index contributed by atoms with van der Waals surface area (Å²) >= 11 is 0. The van der Waals surface area contributed by atoms with E-state index in [1.165, 1.54) is 0 Å². The molecule has 1 saturated heterocycles. The van der Waals surface area contributed by atoms with Crippen molar-refractivity contribution in [1.29, 1.82) is 0 Å². The highest BCUT2D eigenvalue weighted by Crippen LogP contribution is 2.32. The van der Waals surface area contributed by atoms with Crippen LogP contribution < -0.4 is 0 Å². The summed E-state index contributed by atoms with van der Waals surface area (Å²) < 4.78 is 23.7. The second-order valence-corrected chi connectivity index (χ2v) is 15.9. The number of carbonyl (C=O) groups is 4. The molecule has 2 atom stereocenters. The molecule has 0 N–H and O–H groups in total. The fraction of sp³-hybridized carbons (Fsp3) is 0.440. The zero-order valence-electron chi connectivity index (χ0n) is 36.1. The monoisotopic (exact) mass is 833 g/mol. The molecule has 11 heteroatoms. The number of hydrogen-bond acceptors (Lipinski definition) is 11. The fourth-order valence-electron chi connectivity index (χ4n) is 8.10. The van der Waals surface area contributed by atoms with E-state index in [9.17, 15) is 19.2 Å². The minimum Gasteiger partial charge on any atom is -0.460 e. The number of nitrogens with zero attached hydrogens (tertiary/aromatic N) is 3. The summed E-state index contributed by atoms with van der Waals surface area (Å²) in [6, 6.07) is 36.9. The fourth-order valence-corrected chi connectivity index (χ4v) is 8.10. The molecule has 0 aromatic heterocycles. The highest BCUT2D eigenvalue weighted by Gasteiger charge is 2.47. The second kappa shape index (κ2) is 24.8. The van der Waals surface area contributed by atoms with Gasteiger partial charge in [-0.2, -0.15) is 0 Å². The average molecular weight is 834 g/mol. The largest absolute Gasteiger partial charge is 0.460 e. The summed E-state index contributed by atoms with van der Waals surface area (Å²) in [6.45, 7) is 7.64. The third-order valence-electron chi connectivity index (χ3n) is 11.2. The summed E-state index contributed by atoms with van der Waals surface area (Å²) in [7, 11) is 0. The standard InChI is InChI=1S/C50H63N3O8/c1-4-19-44(48(56)60-36-42-25-15-9-16-26-42)51-30-31-52(45(20-5-2)49(57)61-37-43-27-17-10-18-28-43)39-50(38-51,29-6-3)53(32-46(54)58-34-40-21-11-7-12-22-40)33-47(55)59-35-41-23-13-8-14-24-41/h7-18,21-28,44-45H,4-6,19-20,29-39H2,1-3H3. The smallest absolute Gasteiger partial charge is 0.323 e. The maximum atomic E-state index is 14.2. The Hall–Kier alpha value is -5.36. The molecule has 61 heavy (non-hydrogen) atoms. The Morgan fingerprint density at radius 1 is 0.508 bits per heavy atom. The topological polar surface area (TPSA) is 115 Å². The predicted octanol–water partition coefficient (Wildman–Crippen LogP) is 7.76. The molecule has 0 spiro atoms. The van der Waals surface area contributed by atoms with Crippen molar-refractivity contribution in [3.8, 4) is 0 Å². The second-order valence-electron chi connectivity index (χ2n) is 15.9. The van der Waals surface area contributed by atoms with Crippen LogP contribution in [0.1, 0.15) is 81.5 Å². The Balaban J connectivity index is 1.52. The number of rotatable bonds is 23. The molecule has 1 heterocycles. The number of esters is 4. The minimum absolute atomic E-state index is 0.0721. The van der Waals surface area contributed by atoms with E-state index in [2.05, 4.69) is 16.7 Å². The molecule has 1 aliphatic rings. The summed E-state index contributed by atoms with van der Waals surface area (Å²) in [5.41, 5.74) is 2.53. The van der Waals surface area contributed by atoms with Crippen molar-refractivity contribution in [2.75, 3.05) is 39.3 Å². The molecule has 4 aromatic carbocycles. The van der Waals surface area contributed by atoms with E-state index in [0.29, 0.717) is 51.9 Å². The van der Waals surface area contributed by atoms with Crippen molar-refractivity contribution in [2.45, 2.75) is 103 Å². The van der Waals surface area contributed by atoms with Crippen LogP contribution in [-0.2, 0) is 64.6 Å². The van der Waals surface area contributed by atoms with Gasteiger partial charge in [0.25, 0.3) is 0 Å². The number of ether oxygens (including phenoxy) is 4. The van der Waals surface area contributed by atoms with Gasteiger partial charge in [-0.05, 0) is 41.5 Å². The van der Waals surface area contributed by atoms with Crippen molar-refractivity contribution < 1.29 is 38.1 Å². The van der Waals surface area contributed by atoms with Gasteiger partial charge in [0.2, 0.25) is 0 Å². The van der Waals surface area contributed by atoms with Crippen molar-refractivity contribution in [2.24, 2.45) is 0 Å². The molecule has 4 aromatic rings. The molecule has 0 radical (unpaired) electrons. The molecule has 5 rings (SSSR count). The molecule has 0 amide bonds. The predicted molar refractivity (Wildman–Crippen MR) is 235 cm³/mol. The van der Waals surface area contributed by atoms with Crippen molar-refractivity contribution >= 4 is 23.9 Å². The van der Waals surface area contributed by atoms with Crippen LogP contribution in [0.3, 0.4) is 0 Å². The van der Waals surface area contributed by atoms with Gasteiger partial charge in [-0.15, -0.1) is 0 Å². The first-order valence-corrected chi connectivity index (χ1v) is 21.8. The molecule has 0 aliphatic carbocycles. The molecule has 1 aliphatic heterocycles. The van der Waals surface area contributed by atoms with Gasteiger partial charge in [0, 0.05) is 31.7 Å². The molecule has 2 unspecified atom stereocenters. The Morgan fingerprint density at radius 2 is 0.836 bits per heavy atom. The summed E-state index contributed by atoms with van der Waals surface area (Å²) in [4.78, 5) is 62.5. The van der Waals surface area contributed by atoms with E-state index in [1.807, 2.05) is 140 Å². The van der Waals surface area contributed by atoms with Crippen LogP contribution in [0, 0.1) is 0 Å². The van der Waals surface area contributed by atoms with Gasteiger partial charge in [0.05, 0.1) is 13.1 Å². The molecular weight excluding hydrogens is 771 g/mol. The zero-order chi connectivity index (χ0) is 43.3. The maximum absolute atomic E-state index is 14.2. The minimum atomic E-state index is -0.930. The van der Waals surface area contributed by atoms with Gasteiger partial charge >= 0.3 is 23.9 Å². The van der Waals surface area contributed by atoms with Crippen LogP contribution in [0.5, 0.6) is 0 Å². The van der Waals surface area contributed by atoms with E-state index >= 15 is 0 Å². The van der Waals surface area contributed by atoms with Gasteiger partial charge in [-0.3, -0.25) is 33.9 Å². The lowest BCUT2D eigenvalue weighted by atomic mass is 9.88. The average Bonchev–Trinajstić information content (AvgIpc) is 3.48. The van der Waals surface area contributed by atoms with Crippen LogP contribution >= 0.6 is 0 Å². The molecular formula is C50H63N3O8. The lowest BCUT2D eigenvalue weighted by Crippen LogP contribution is -2.63. The summed E-state index contributed by atoms with van der Waals surface area (Å²) in [5.74, 6) is -1.68. The lowest BCUT2D eigenvalue weighted by molar-refractivity contribution is -0.158. The quantitative estimate of drug-likeness (QED) is 0.0540. The van der Waals surface area contributed by atoms with E-state index < -0.39 is 29.6 Å². The van der Waals surface area contributed by atoms with E-state index in [4.69, 9.17) is 18.9 Å². The van der Waals surface area contributed by atoms with Gasteiger partial charge < -0.3 is 18.9 Å². The Kier molecular flexibility index (Phi) is 19.0. The first-order chi connectivity index (χ1) is 29.7. The first kappa shape index (κ1) is 46.7. The van der Waals surface area contributed by atoms with Crippen LogP contribution in [-0.4, -0.2) is 95.5 Å². The van der Waals surface area contributed by atoms with E-state index in [1.54, 1.807) is 0 Å². The summed E-state index contributed by atoms with van der Waals surface area (Å²) in [5, 5.41) is 0. The Bertz CT molecular complexity index is 1780. The molecule has 1 fully saturated rings. The number of hydrogen-bond donors (Lipinski definition) is 0. The highest BCUT2D eigenvalue weighted by molar-refractivity contribution is 5.77. The zero-order valence-corrected chi connectivity index (χ0v) is 36.1. The van der Waals surface area contributed by atoms with Crippen LogP contribution in [0.4, 0.5) is 0 Å². The summed E-state index contributed by atoms with van der Waals surface area (Å²) in [6.07, 6.45) is 3.73. The van der Waals surface area contributed by atoms with Crippen molar-refractivity contribution in [3.63, 3.8) is 0 Å². The SMILES string of the molecule is CCCC(C(=O)OCc1ccccc1)N1CCN(C(CCC)C(=O)OCc2ccccc2)CC(CCC)(N(CC(=O)OCc2ccccc2)CC(=O)OCc2ccccc2)C1. The lowest BCUT2D eigenvalue weighted by Gasteiger charge is -2.47. The van der Waals surface area contributed by atoms with Crippen LogP contribution in [0.25, 0.3) is 0 Å². The number of carbonyl (C=O) groups excluding carboxylic acids is 4. The maximum Gasteiger partial charge on any atom is 0.323 e. The highest BCUT2D eigenvalue weighted by atomic mass is 16.5. The third kappa shape index (κ3) is 14.7. The third-order valence-corrected chi connectivity index (χ3v) is 11.2. The Labute approximate surface area is 361 Å². The molecule has 11 nitrogen and oxygen atoms in total. The normalized spacial score (nSPS) is 16.9. The van der Waals surface area contributed by atoms with Crippen LogP contribution in [0.15, 0.2) is 121 Å². The van der Waals surface area contributed by atoms with Gasteiger partial charge in [0.1, 0.15) is 38.5 Å². The van der Waals surface area contributed by atoms with E-state index in [0.717, 1.165) is 35.1 Å². The molecule has 0 bridgehead atoms.